The summed E-state index contributed by atoms with van der Waals surface area (Å²) in [5.74, 6) is 0.0259. The van der Waals surface area contributed by atoms with E-state index in [4.69, 9.17) is 0 Å². The van der Waals surface area contributed by atoms with Crippen LogP contribution in [0.2, 0.25) is 0 Å². The molecule has 1 unspecified atom stereocenters. The highest BCUT2D eigenvalue weighted by Crippen LogP contribution is 2.43. The van der Waals surface area contributed by atoms with Crippen molar-refractivity contribution in [2.75, 3.05) is 32.2 Å². The van der Waals surface area contributed by atoms with E-state index < -0.39 is 7.37 Å². The molecular weight excluding hydrogens is 239 g/mol. The van der Waals surface area contributed by atoms with Crippen LogP contribution in [0.3, 0.4) is 0 Å². The van der Waals surface area contributed by atoms with Crippen molar-refractivity contribution in [2.45, 2.75) is 32.1 Å². The summed E-state index contributed by atoms with van der Waals surface area (Å²) in [6.07, 6.45) is 5.09. The van der Waals surface area contributed by atoms with E-state index in [1.165, 1.54) is 6.42 Å². The second kappa shape index (κ2) is 5.51. The molecule has 0 spiro atoms. The molecule has 2 aliphatic heterocycles. The minimum Gasteiger partial charge on any atom is -0.342 e. The number of rotatable bonds is 4. The molecule has 0 aromatic heterocycles. The Morgan fingerprint density at radius 1 is 1.06 bits per heavy atom. The molecule has 6 heteroatoms. The number of carbonyl (C=O) groups excluding carboxylic acids is 1. The fourth-order valence-electron chi connectivity index (χ4n) is 2.58. The third-order valence-electron chi connectivity index (χ3n) is 3.43. The van der Waals surface area contributed by atoms with Crippen LogP contribution >= 0.6 is 7.37 Å². The predicted molar refractivity (Wildman–Crippen MR) is 65.9 cm³/mol. The van der Waals surface area contributed by atoms with Gasteiger partial charge in [-0.25, -0.2) is 0 Å². The molecule has 98 valence electrons. The highest BCUT2D eigenvalue weighted by Gasteiger charge is 2.30. The normalized spacial score (nSPS) is 26.2. The first-order chi connectivity index (χ1) is 8.07. The molecule has 5 nitrogen and oxygen atoms in total. The van der Waals surface area contributed by atoms with Crippen molar-refractivity contribution in [1.29, 1.82) is 0 Å². The molecule has 2 saturated heterocycles. The van der Waals surface area contributed by atoms with Gasteiger partial charge in [-0.2, -0.15) is 0 Å². The van der Waals surface area contributed by atoms with Crippen LogP contribution in [0, 0.1) is 0 Å². The highest BCUT2D eigenvalue weighted by molar-refractivity contribution is 7.57. The van der Waals surface area contributed by atoms with E-state index in [0.717, 1.165) is 32.4 Å². The number of piperidine rings is 1. The maximum absolute atomic E-state index is 12.1. The molecule has 0 radical (unpaired) electrons. The van der Waals surface area contributed by atoms with Gasteiger partial charge in [0.15, 0.2) is 0 Å². The van der Waals surface area contributed by atoms with Crippen LogP contribution in [0.4, 0.5) is 0 Å². The van der Waals surface area contributed by atoms with Gasteiger partial charge in [-0.1, -0.05) is 6.42 Å². The second-order valence-electron chi connectivity index (χ2n) is 5.07. The SMILES string of the molecule is O=C1CCCN1CP(=O)(O)CN1CCCCC1. The van der Waals surface area contributed by atoms with E-state index in [1.54, 1.807) is 4.90 Å². The third-order valence-corrected chi connectivity index (χ3v) is 5.06. The van der Waals surface area contributed by atoms with Gasteiger partial charge in [0.05, 0.1) is 12.6 Å². The van der Waals surface area contributed by atoms with Gasteiger partial charge in [0.2, 0.25) is 13.3 Å². The summed E-state index contributed by atoms with van der Waals surface area (Å²) in [7, 11) is -3.22. The van der Waals surface area contributed by atoms with Crippen molar-refractivity contribution in [3.63, 3.8) is 0 Å². The molecule has 1 atom stereocenters. The van der Waals surface area contributed by atoms with E-state index in [-0.39, 0.29) is 18.5 Å². The molecular formula is C11H21N2O3P. The van der Waals surface area contributed by atoms with Gasteiger partial charge in [0.1, 0.15) is 0 Å². The Kier molecular flexibility index (Phi) is 4.23. The minimum absolute atomic E-state index is 0.0259. The minimum atomic E-state index is -3.22. The Hall–Kier alpha value is -0.380. The summed E-state index contributed by atoms with van der Waals surface area (Å²) in [6.45, 7) is 2.47. The maximum atomic E-state index is 12.1. The van der Waals surface area contributed by atoms with Crippen molar-refractivity contribution in [1.82, 2.24) is 9.80 Å². The lowest BCUT2D eigenvalue weighted by molar-refractivity contribution is -0.127. The largest absolute Gasteiger partial charge is 0.342 e. The van der Waals surface area contributed by atoms with Gasteiger partial charge in [0.25, 0.3) is 0 Å². The summed E-state index contributed by atoms with van der Waals surface area (Å²) in [6, 6.07) is 0. The van der Waals surface area contributed by atoms with Crippen LogP contribution in [0.15, 0.2) is 0 Å². The van der Waals surface area contributed by atoms with Crippen molar-refractivity contribution < 1.29 is 14.3 Å². The van der Waals surface area contributed by atoms with E-state index in [2.05, 4.69) is 4.90 Å². The number of carbonyl (C=O) groups is 1. The lowest BCUT2D eigenvalue weighted by Crippen LogP contribution is -2.33. The molecule has 2 fully saturated rings. The monoisotopic (exact) mass is 260 g/mol. The number of hydrogen-bond donors (Lipinski definition) is 1. The molecule has 17 heavy (non-hydrogen) atoms. The molecule has 1 amide bonds. The lowest BCUT2D eigenvalue weighted by Gasteiger charge is -2.29. The molecule has 2 rings (SSSR count). The van der Waals surface area contributed by atoms with E-state index in [9.17, 15) is 14.3 Å². The first-order valence-corrected chi connectivity index (χ1v) is 8.41. The Bertz CT molecular complexity index is 329. The Labute approximate surface area is 102 Å². The standard InChI is InChI=1S/C11H21N2O3P/c14-11-5-4-8-13(11)10-17(15,16)9-12-6-2-1-3-7-12/h1-10H2,(H,15,16). The quantitative estimate of drug-likeness (QED) is 0.773. The van der Waals surface area contributed by atoms with Gasteiger partial charge in [-0.15, -0.1) is 0 Å². The van der Waals surface area contributed by atoms with Crippen LogP contribution in [0.1, 0.15) is 32.1 Å². The van der Waals surface area contributed by atoms with E-state index in [1.807, 2.05) is 0 Å². The van der Waals surface area contributed by atoms with Gasteiger partial charge < -0.3 is 9.79 Å². The van der Waals surface area contributed by atoms with Gasteiger partial charge in [-0.05, 0) is 32.4 Å². The van der Waals surface area contributed by atoms with Gasteiger partial charge in [0, 0.05) is 13.0 Å². The van der Waals surface area contributed by atoms with Crippen LogP contribution < -0.4 is 0 Å². The maximum Gasteiger partial charge on any atom is 0.232 e. The van der Waals surface area contributed by atoms with Crippen LogP contribution in [0.25, 0.3) is 0 Å². The first kappa shape index (κ1) is 13.1. The van der Waals surface area contributed by atoms with Crippen LogP contribution in [-0.2, 0) is 9.36 Å². The molecule has 0 aromatic rings. The van der Waals surface area contributed by atoms with E-state index in [0.29, 0.717) is 13.0 Å². The smallest absolute Gasteiger partial charge is 0.232 e. The number of hydrogen-bond acceptors (Lipinski definition) is 3. The van der Waals surface area contributed by atoms with Crippen LogP contribution in [-0.4, -0.2) is 52.8 Å². The van der Waals surface area contributed by atoms with Crippen molar-refractivity contribution in [2.24, 2.45) is 0 Å². The molecule has 0 aromatic carbocycles. The fourth-order valence-corrected chi connectivity index (χ4v) is 4.41. The number of amides is 1. The number of nitrogens with zero attached hydrogens (tertiary/aromatic N) is 2. The lowest BCUT2D eigenvalue weighted by atomic mass is 10.1. The zero-order valence-corrected chi connectivity index (χ0v) is 11.1. The summed E-state index contributed by atoms with van der Waals surface area (Å²) in [5, 5.41) is 0. The average Bonchev–Trinajstić information content (AvgIpc) is 2.64. The van der Waals surface area contributed by atoms with Gasteiger partial charge in [-0.3, -0.25) is 14.3 Å². The van der Waals surface area contributed by atoms with Crippen molar-refractivity contribution >= 4 is 13.3 Å². The summed E-state index contributed by atoms with van der Waals surface area (Å²) < 4.78 is 12.1. The molecule has 0 saturated carbocycles. The highest BCUT2D eigenvalue weighted by atomic mass is 31.2. The average molecular weight is 260 g/mol. The molecule has 0 bridgehead atoms. The topological polar surface area (TPSA) is 60.9 Å². The molecule has 2 aliphatic rings. The Morgan fingerprint density at radius 2 is 1.76 bits per heavy atom. The Morgan fingerprint density at radius 3 is 2.35 bits per heavy atom. The third kappa shape index (κ3) is 3.80. The number of likely N-dealkylation sites (tertiary alicyclic amines) is 2. The second-order valence-corrected chi connectivity index (χ2v) is 7.33. The molecule has 0 aliphatic carbocycles. The zero-order valence-electron chi connectivity index (χ0n) is 10.2. The van der Waals surface area contributed by atoms with E-state index >= 15 is 0 Å². The van der Waals surface area contributed by atoms with Crippen LogP contribution in [0.5, 0.6) is 0 Å². The predicted octanol–water partition coefficient (Wildman–Crippen LogP) is 1.28. The van der Waals surface area contributed by atoms with Crippen molar-refractivity contribution in [3.8, 4) is 0 Å². The zero-order chi connectivity index (χ0) is 12.3. The van der Waals surface area contributed by atoms with Gasteiger partial charge >= 0.3 is 0 Å². The fraction of sp³-hybridized carbons (Fsp3) is 0.909. The molecule has 2 heterocycles. The van der Waals surface area contributed by atoms with Crippen molar-refractivity contribution in [3.05, 3.63) is 0 Å². The Balaban J connectivity index is 1.84. The first-order valence-electron chi connectivity index (χ1n) is 6.38. The summed E-state index contributed by atoms with van der Waals surface area (Å²) >= 11 is 0. The summed E-state index contributed by atoms with van der Waals surface area (Å²) in [4.78, 5) is 25.0. The molecule has 1 N–H and O–H groups in total. The summed E-state index contributed by atoms with van der Waals surface area (Å²) in [5.41, 5.74) is 0.